The predicted octanol–water partition coefficient (Wildman–Crippen LogP) is 3.89. The Hall–Kier alpha value is -2.86. The molecular formula is C21H24O6. The van der Waals surface area contributed by atoms with E-state index in [1.807, 2.05) is 13.8 Å². The minimum absolute atomic E-state index is 0.192. The minimum Gasteiger partial charge on any atom is -0.493 e. The lowest BCUT2D eigenvalue weighted by atomic mass is 10.2. The molecule has 0 saturated carbocycles. The lowest BCUT2D eigenvalue weighted by Gasteiger charge is -2.10. The Balaban J connectivity index is 1.96. The largest absolute Gasteiger partial charge is 0.493 e. The van der Waals surface area contributed by atoms with Crippen molar-refractivity contribution in [3.63, 3.8) is 0 Å². The maximum Gasteiger partial charge on any atom is 0.347 e. The van der Waals surface area contributed by atoms with Crippen LogP contribution in [0.25, 0.3) is 0 Å². The van der Waals surface area contributed by atoms with Gasteiger partial charge in [0.05, 0.1) is 18.8 Å². The first-order valence-electron chi connectivity index (χ1n) is 8.94. The van der Waals surface area contributed by atoms with Gasteiger partial charge in [-0.05, 0) is 49.7 Å². The Morgan fingerprint density at radius 2 is 1.59 bits per heavy atom. The van der Waals surface area contributed by atoms with Gasteiger partial charge >= 0.3 is 11.9 Å². The molecule has 2 rings (SSSR count). The van der Waals surface area contributed by atoms with Crippen LogP contribution in [0, 0.1) is 0 Å². The highest BCUT2D eigenvalue weighted by atomic mass is 16.6. The molecule has 27 heavy (non-hydrogen) atoms. The lowest BCUT2D eigenvalue weighted by molar-refractivity contribution is 0.0335. The predicted molar refractivity (Wildman–Crippen MR) is 100 cm³/mol. The molecule has 0 bridgehead atoms. The van der Waals surface area contributed by atoms with Gasteiger partial charge in [-0.25, -0.2) is 9.59 Å². The molecule has 0 radical (unpaired) electrons. The van der Waals surface area contributed by atoms with Gasteiger partial charge in [0.25, 0.3) is 0 Å². The van der Waals surface area contributed by atoms with Crippen molar-refractivity contribution in [1.29, 1.82) is 0 Å². The standard InChI is InChI=1S/C21H24O6/c1-3-13-25-19-8-6-5-7-18(19)21(23)27-17-11-9-16(10-12-17)20(22)26-15-14-24-4-2/h5-12H,3-4,13-15H2,1-2H3. The fourth-order valence-electron chi connectivity index (χ4n) is 2.22. The number of esters is 2. The average Bonchev–Trinajstić information content (AvgIpc) is 2.70. The van der Waals surface area contributed by atoms with Gasteiger partial charge in [-0.15, -0.1) is 0 Å². The van der Waals surface area contributed by atoms with Crippen LogP contribution in [0.5, 0.6) is 11.5 Å². The zero-order chi connectivity index (χ0) is 19.5. The van der Waals surface area contributed by atoms with E-state index in [9.17, 15) is 9.59 Å². The second-order valence-electron chi connectivity index (χ2n) is 5.59. The van der Waals surface area contributed by atoms with Crippen molar-refractivity contribution in [2.45, 2.75) is 20.3 Å². The third-order valence-electron chi connectivity index (χ3n) is 3.53. The van der Waals surface area contributed by atoms with Gasteiger partial charge in [0.15, 0.2) is 0 Å². The van der Waals surface area contributed by atoms with E-state index >= 15 is 0 Å². The van der Waals surface area contributed by atoms with Crippen molar-refractivity contribution in [3.8, 4) is 11.5 Å². The Morgan fingerprint density at radius 3 is 2.30 bits per heavy atom. The highest BCUT2D eigenvalue weighted by molar-refractivity contribution is 5.94. The van der Waals surface area contributed by atoms with E-state index in [0.29, 0.717) is 42.4 Å². The molecule has 0 fully saturated rings. The molecule has 0 spiro atoms. The van der Waals surface area contributed by atoms with Gasteiger partial charge in [0.2, 0.25) is 0 Å². The van der Waals surface area contributed by atoms with Crippen molar-refractivity contribution >= 4 is 11.9 Å². The summed E-state index contributed by atoms with van der Waals surface area (Å²) in [6, 6.07) is 13.1. The second kappa shape index (κ2) is 11.0. The van der Waals surface area contributed by atoms with Crippen molar-refractivity contribution in [3.05, 3.63) is 59.7 Å². The number of para-hydroxylation sites is 1. The Kier molecular flexibility index (Phi) is 8.32. The topological polar surface area (TPSA) is 71.1 Å². The summed E-state index contributed by atoms with van der Waals surface area (Å²) < 4.78 is 21.2. The summed E-state index contributed by atoms with van der Waals surface area (Å²) in [5, 5.41) is 0. The number of carbonyl (C=O) groups is 2. The van der Waals surface area contributed by atoms with Crippen LogP contribution >= 0.6 is 0 Å². The van der Waals surface area contributed by atoms with Crippen LogP contribution in [0.2, 0.25) is 0 Å². The van der Waals surface area contributed by atoms with Crippen molar-refractivity contribution < 1.29 is 28.5 Å². The molecule has 0 unspecified atom stereocenters. The molecule has 0 aliphatic rings. The zero-order valence-electron chi connectivity index (χ0n) is 15.6. The molecule has 0 aliphatic carbocycles. The van der Waals surface area contributed by atoms with E-state index in [-0.39, 0.29) is 6.61 Å². The highest BCUT2D eigenvalue weighted by Crippen LogP contribution is 2.21. The smallest absolute Gasteiger partial charge is 0.347 e. The zero-order valence-corrected chi connectivity index (χ0v) is 15.6. The van der Waals surface area contributed by atoms with E-state index in [0.717, 1.165) is 6.42 Å². The Bertz CT molecular complexity index is 739. The fraction of sp³-hybridized carbons (Fsp3) is 0.333. The Labute approximate surface area is 159 Å². The average molecular weight is 372 g/mol. The number of benzene rings is 2. The number of ether oxygens (including phenoxy) is 4. The Morgan fingerprint density at radius 1 is 0.852 bits per heavy atom. The second-order valence-corrected chi connectivity index (χ2v) is 5.59. The van der Waals surface area contributed by atoms with Crippen LogP contribution in [0.4, 0.5) is 0 Å². The van der Waals surface area contributed by atoms with E-state index < -0.39 is 11.9 Å². The van der Waals surface area contributed by atoms with Gasteiger partial charge in [0, 0.05) is 6.61 Å². The number of hydrogen-bond acceptors (Lipinski definition) is 6. The molecule has 144 valence electrons. The molecule has 6 nitrogen and oxygen atoms in total. The molecular weight excluding hydrogens is 348 g/mol. The summed E-state index contributed by atoms with van der Waals surface area (Å²) in [7, 11) is 0. The molecule has 0 N–H and O–H groups in total. The lowest BCUT2D eigenvalue weighted by Crippen LogP contribution is -2.12. The van der Waals surface area contributed by atoms with Crippen LogP contribution < -0.4 is 9.47 Å². The summed E-state index contributed by atoms with van der Waals surface area (Å²) in [5.41, 5.74) is 0.725. The van der Waals surface area contributed by atoms with E-state index in [2.05, 4.69) is 0 Å². The first kappa shape index (κ1) is 20.5. The normalized spacial score (nSPS) is 10.3. The van der Waals surface area contributed by atoms with Gasteiger partial charge in [-0.3, -0.25) is 0 Å². The molecule has 0 atom stereocenters. The van der Waals surface area contributed by atoms with Gasteiger partial charge < -0.3 is 18.9 Å². The fourth-order valence-corrected chi connectivity index (χ4v) is 2.22. The van der Waals surface area contributed by atoms with E-state index in [1.54, 1.807) is 48.5 Å². The van der Waals surface area contributed by atoms with Crippen LogP contribution in [0.3, 0.4) is 0 Å². The maximum atomic E-state index is 12.4. The van der Waals surface area contributed by atoms with Crippen molar-refractivity contribution in [2.75, 3.05) is 26.4 Å². The molecule has 2 aromatic carbocycles. The first-order chi connectivity index (χ1) is 13.2. The number of rotatable bonds is 10. The summed E-state index contributed by atoms with van der Waals surface area (Å²) in [5.74, 6) is -0.158. The van der Waals surface area contributed by atoms with Gasteiger partial charge in [-0.2, -0.15) is 0 Å². The highest BCUT2D eigenvalue weighted by Gasteiger charge is 2.15. The third kappa shape index (κ3) is 6.42. The monoisotopic (exact) mass is 372 g/mol. The molecule has 0 heterocycles. The van der Waals surface area contributed by atoms with E-state index in [4.69, 9.17) is 18.9 Å². The first-order valence-corrected chi connectivity index (χ1v) is 8.94. The van der Waals surface area contributed by atoms with E-state index in [1.165, 1.54) is 0 Å². The van der Waals surface area contributed by atoms with Gasteiger partial charge in [0.1, 0.15) is 23.7 Å². The molecule has 2 aromatic rings. The van der Waals surface area contributed by atoms with Gasteiger partial charge in [-0.1, -0.05) is 19.1 Å². The van der Waals surface area contributed by atoms with Crippen LogP contribution in [0.15, 0.2) is 48.5 Å². The van der Waals surface area contributed by atoms with Crippen LogP contribution in [-0.2, 0) is 9.47 Å². The van der Waals surface area contributed by atoms with Crippen LogP contribution in [0.1, 0.15) is 41.0 Å². The SMILES string of the molecule is CCCOc1ccccc1C(=O)Oc1ccc(C(=O)OCCOCC)cc1. The summed E-state index contributed by atoms with van der Waals surface area (Å²) in [4.78, 5) is 24.3. The quantitative estimate of drug-likeness (QED) is 0.358. The third-order valence-corrected chi connectivity index (χ3v) is 3.53. The summed E-state index contributed by atoms with van der Waals surface area (Å²) in [6.45, 7) is 5.50. The summed E-state index contributed by atoms with van der Waals surface area (Å²) in [6.07, 6.45) is 0.839. The molecule has 0 aliphatic heterocycles. The minimum atomic E-state index is -0.520. The van der Waals surface area contributed by atoms with Crippen molar-refractivity contribution in [2.24, 2.45) is 0 Å². The maximum absolute atomic E-state index is 12.4. The molecule has 0 saturated heterocycles. The van der Waals surface area contributed by atoms with Crippen LogP contribution in [-0.4, -0.2) is 38.4 Å². The number of carbonyl (C=O) groups excluding carboxylic acids is 2. The molecule has 6 heteroatoms. The number of hydrogen-bond donors (Lipinski definition) is 0. The summed E-state index contributed by atoms with van der Waals surface area (Å²) >= 11 is 0. The molecule has 0 amide bonds. The molecule has 0 aromatic heterocycles. The van der Waals surface area contributed by atoms with Crippen molar-refractivity contribution in [1.82, 2.24) is 0 Å².